The summed E-state index contributed by atoms with van der Waals surface area (Å²) in [5, 5.41) is 3.68. The summed E-state index contributed by atoms with van der Waals surface area (Å²) in [6.45, 7) is 2.29. The number of carbonyl (C=O) groups excluding carboxylic acids is 2. The second kappa shape index (κ2) is 8.70. The standard InChI is InChI=1S/C22H21N3O4/c26-21(25-11-13-28-14-12-25)15-29-17-8-6-16(7-9-17)24-22(27)19-3-1-5-20-18(19)4-2-10-23-20/h1-10H,11-15H2,(H,24,27). The Morgan fingerprint density at radius 2 is 1.83 bits per heavy atom. The van der Waals surface area contributed by atoms with Crippen LogP contribution in [0.2, 0.25) is 0 Å². The van der Waals surface area contributed by atoms with Crippen LogP contribution in [0.5, 0.6) is 5.75 Å². The minimum absolute atomic E-state index is 0.0191. The minimum Gasteiger partial charge on any atom is -0.484 e. The molecule has 2 heterocycles. The Balaban J connectivity index is 1.36. The van der Waals surface area contributed by atoms with E-state index >= 15 is 0 Å². The van der Waals surface area contributed by atoms with E-state index in [9.17, 15) is 9.59 Å². The number of hydrogen-bond acceptors (Lipinski definition) is 5. The zero-order chi connectivity index (χ0) is 20.1. The molecule has 2 amide bonds. The van der Waals surface area contributed by atoms with Gasteiger partial charge in [0.15, 0.2) is 6.61 Å². The molecule has 29 heavy (non-hydrogen) atoms. The monoisotopic (exact) mass is 391 g/mol. The van der Waals surface area contributed by atoms with Crippen molar-refractivity contribution >= 4 is 28.4 Å². The molecule has 7 nitrogen and oxygen atoms in total. The van der Waals surface area contributed by atoms with Gasteiger partial charge in [-0.2, -0.15) is 0 Å². The fourth-order valence-corrected chi connectivity index (χ4v) is 3.18. The van der Waals surface area contributed by atoms with Crippen LogP contribution in [0, 0.1) is 0 Å². The topological polar surface area (TPSA) is 80.8 Å². The largest absolute Gasteiger partial charge is 0.484 e. The van der Waals surface area contributed by atoms with Crippen molar-refractivity contribution in [2.24, 2.45) is 0 Å². The number of anilines is 1. The number of amides is 2. The maximum Gasteiger partial charge on any atom is 0.260 e. The quantitative estimate of drug-likeness (QED) is 0.723. The molecule has 4 rings (SSSR count). The van der Waals surface area contributed by atoms with Gasteiger partial charge in [0, 0.05) is 35.9 Å². The Morgan fingerprint density at radius 3 is 2.62 bits per heavy atom. The van der Waals surface area contributed by atoms with Crippen molar-refractivity contribution in [2.75, 3.05) is 38.2 Å². The Hall–Kier alpha value is -3.45. The SMILES string of the molecule is O=C(Nc1ccc(OCC(=O)N2CCOCC2)cc1)c1cccc2ncccc12. The van der Waals surface area contributed by atoms with E-state index in [1.807, 2.05) is 24.3 Å². The Bertz CT molecular complexity index is 1010. The Morgan fingerprint density at radius 1 is 1.03 bits per heavy atom. The van der Waals surface area contributed by atoms with E-state index in [1.165, 1.54) is 0 Å². The highest BCUT2D eigenvalue weighted by Gasteiger charge is 2.17. The molecule has 3 aromatic rings. The summed E-state index contributed by atoms with van der Waals surface area (Å²) in [5.41, 5.74) is 1.98. The first-order valence-corrected chi connectivity index (χ1v) is 9.44. The van der Waals surface area contributed by atoms with Crippen molar-refractivity contribution in [1.29, 1.82) is 0 Å². The molecule has 0 spiro atoms. The van der Waals surface area contributed by atoms with Crippen LogP contribution in [-0.2, 0) is 9.53 Å². The number of nitrogens with one attached hydrogen (secondary N) is 1. The summed E-state index contributed by atoms with van der Waals surface area (Å²) in [7, 11) is 0. The molecule has 1 aromatic heterocycles. The number of rotatable bonds is 5. The third-order valence-electron chi connectivity index (χ3n) is 4.73. The molecule has 1 aliphatic heterocycles. The molecule has 0 unspecified atom stereocenters. The zero-order valence-corrected chi connectivity index (χ0v) is 15.8. The molecule has 0 radical (unpaired) electrons. The van der Waals surface area contributed by atoms with E-state index in [-0.39, 0.29) is 18.4 Å². The number of fused-ring (bicyclic) bond motifs is 1. The summed E-state index contributed by atoms with van der Waals surface area (Å²) >= 11 is 0. The number of benzene rings is 2. The van der Waals surface area contributed by atoms with Crippen molar-refractivity contribution < 1.29 is 19.1 Å². The average Bonchev–Trinajstić information content (AvgIpc) is 2.78. The number of hydrogen-bond donors (Lipinski definition) is 1. The van der Waals surface area contributed by atoms with Gasteiger partial charge in [-0.05, 0) is 42.5 Å². The van der Waals surface area contributed by atoms with Crippen LogP contribution >= 0.6 is 0 Å². The number of nitrogens with zero attached hydrogens (tertiary/aromatic N) is 2. The lowest BCUT2D eigenvalue weighted by Crippen LogP contribution is -2.42. The van der Waals surface area contributed by atoms with Gasteiger partial charge in [0.2, 0.25) is 0 Å². The van der Waals surface area contributed by atoms with Gasteiger partial charge in [0.25, 0.3) is 11.8 Å². The van der Waals surface area contributed by atoms with E-state index in [0.29, 0.717) is 43.3 Å². The van der Waals surface area contributed by atoms with E-state index in [1.54, 1.807) is 41.4 Å². The number of ether oxygens (including phenoxy) is 2. The van der Waals surface area contributed by atoms with Crippen molar-refractivity contribution in [3.8, 4) is 5.75 Å². The summed E-state index contributed by atoms with van der Waals surface area (Å²) in [6, 6.07) is 16.1. The van der Waals surface area contributed by atoms with Crippen LogP contribution in [-0.4, -0.2) is 54.6 Å². The maximum absolute atomic E-state index is 12.7. The zero-order valence-electron chi connectivity index (χ0n) is 15.8. The third-order valence-corrected chi connectivity index (χ3v) is 4.73. The van der Waals surface area contributed by atoms with Crippen molar-refractivity contribution in [3.63, 3.8) is 0 Å². The molecule has 0 saturated carbocycles. The summed E-state index contributed by atoms with van der Waals surface area (Å²) < 4.78 is 10.8. The Labute approximate surface area is 168 Å². The van der Waals surface area contributed by atoms with Gasteiger partial charge in [-0.15, -0.1) is 0 Å². The molecule has 2 aromatic carbocycles. The number of pyridine rings is 1. The first-order valence-electron chi connectivity index (χ1n) is 9.44. The van der Waals surface area contributed by atoms with Crippen molar-refractivity contribution in [2.45, 2.75) is 0 Å². The van der Waals surface area contributed by atoms with Crippen molar-refractivity contribution in [3.05, 3.63) is 66.4 Å². The molecule has 1 saturated heterocycles. The highest BCUT2D eigenvalue weighted by atomic mass is 16.5. The second-order valence-corrected chi connectivity index (χ2v) is 6.64. The van der Waals surface area contributed by atoms with Gasteiger partial charge < -0.3 is 19.7 Å². The van der Waals surface area contributed by atoms with Crippen LogP contribution < -0.4 is 10.1 Å². The number of morpholine rings is 1. The van der Waals surface area contributed by atoms with Gasteiger partial charge in [-0.1, -0.05) is 12.1 Å². The van der Waals surface area contributed by atoms with E-state index in [0.717, 1.165) is 10.9 Å². The summed E-state index contributed by atoms with van der Waals surface area (Å²) in [6.07, 6.45) is 1.70. The highest BCUT2D eigenvalue weighted by Crippen LogP contribution is 2.20. The van der Waals surface area contributed by atoms with Gasteiger partial charge in [-0.25, -0.2) is 0 Å². The number of aromatic nitrogens is 1. The highest BCUT2D eigenvalue weighted by molar-refractivity contribution is 6.12. The van der Waals surface area contributed by atoms with E-state index < -0.39 is 0 Å². The lowest BCUT2D eigenvalue weighted by molar-refractivity contribution is -0.137. The predicted octanol–water partition coefficient (Wildman–Crippen LogP) is 2.72. The van der Waals surface area contributed by atoms with Crippen LogP contribution in [0.4, 0.5) is 5.69 Å². The smallest absolute Gasteiger partial charge is 0.260 e. The molecule has 1 fully saturated rings. The average molecular weight is 391 g/mol. The van der Waals surface area contributed by atoms with Crippen LogP contribution in [0.1, 0.15) is 10.4 Å². The number of carbonyl (C=O) groups is 2. The lowest BCUT2D eigenvalue weighted by atomic mass is 10.1. The maximum atomic E-state index is 12.7. The summed E-state index contributed by atoms with van der Waals surface area (Å²) in [5.74, 6) is 0.300. The van der Waals surface area contributed by atoms with Crippen LogP contribution in [0.3, 0.4) is 0 Å². The second-order valence-electron chi connectivity index (χ2n) is 6.64. The minimum atomic E-state index is -0.209. The molecular weight excluding hydrogens is 370 g/mol. The molecule has 0 aliphatic carbocycles. The molecule has 0 atom stereocenters. The lowest BCUT2D eigenvalue weighted by Gasteiger charge is -2.26. The van der Waals surface area contributed by atoms with Gasteiger partial charge in [0.1, 0.15) is 5.75 Å². The predicted molar refractivity (Wildman–Crippen MR) is 109 cm³/mol. The van der Waals surface area contributed by atoms with E-state index in [4.69, 9.17) is 9.47 Å². The van der Waals surface area contributed by atoms with Gasteiger partial charge in [-0.3, -0.25) is 14.6 Å². The first-order chi connectivity index (χ1) is 14.2. The molecule has 1 aliphatic rings. The molecular formula is C22H21N3O4. The van der Waals surface area contributed by atoms with Crippen LogP contribution in [0.15, 0.2) is 60.8 Å². The first kappa shape index (κ1) is 18.9. The molecule has 1 N–H and O–H groups in total. The van der Waals surface area contributed by atoms with Crippen molar-refractivity contribution in [1.82, 2.24) is 9.88 Å². The van der Waals surface area contributed by atoms with Gasteiger partial charge in [0.05, 0.1) is 18.7 Å². The summed E-state index contributed by atoms with van der Waals surface area (Å²) in [4.78, 5) is 30.8. The fourth-order valence-electron chi connectivity index (χ4n) is 3.18. The molecule has 148 valence electrons. The Kier molecular flexibility index (Phi) is 5.67. The van der Waals surface area contributed by atoms with E-state index in [2.05, 4.69) is 10.3 Å². The fraction of sp³-hybridized carbons (Fsp3) is 0.227. The molecule has 0 bridgehead atoms. The molecule has 7 heteroatoms. The van der Waals surface area contributed by atoms with Crippen LogP contribution in [0.25, 0.3) is 10.9 Å². The normalized spacial score (nSPS) is 13.9. The van der Waals surface area contributed by atoms with Gasteiger partial charge >= 0.3 is 0 Å². The third kappa shape index (κ3) is 4.52.